The number of hydrogen-bond donors (Lipinski definition) is 1. The molecule has 3 aliphatic carbocycles. The molecule has 0 saturated heterocycles. The molecule has 0 radical (unpaired) electrons. The number of carboxylic acid groups (broad SMARTS) is 1. The molecule has 0 unspecified atom stereocenters. The average molecular weight is 360 g/mol. The second-order valence-electron chi connectivity index (χ2n) is 8.57. The Balaban J connectivity index is 1.47. The minimum atomic E-state index is -0.828. The van der Waals surface area contributed by atoms with Crippen LogP contribution in [0.1, 0.15) is 65.6 Å². The molecule has 1 saturated carbocycles. The normalized spacial score (nSPS) is 31.4. The van der Waals surface area contributed by atoms with E-state index >= 15 is 0 Å². The van der Waals surface area contributed by atoms with Crippen LogP contribution >= 0.6 is 0 Å². The average Bonchev–Trinajstić information content (AvgIpc) is 3.05. The van der Waals surface area contributed by atoms with Crippen LogP contribution in [0, 0.1) is 17.3 Å². The molecule has 1 N–H and O–H groups in total. The van der Waals surface area contributed by atoms with Crippen molar-refractivity contribution in [2.75, 3.05) is 0 Å². The maximum Gasteiger partial charge on any atom is 0.335 e. The fraction of sp³-hybridized carbons (Fsp3) is 0.435. The summed E-state index contributed by atoms with van der Waals surface area (Å²) in [5.74, 6) is 1.06. The van der Waals surface area contributed by atoms with Crippen molar-refractivity contribution in [3.8, 4) is 0 Å². The van der Waals surface area contributed by atoms with Crippen molar-refractivity contribution in [1.29, 1.82) is 0 Å². The largest absolute Gasteiger partial charge is 0.478 e. The number of nitrogens with zero attached hydrogens (tertiary/aromatic N) is 2. The number of allylic oxidation sites excluding steroid dienone is 2. The van der Waals surface area contributed by atoms with E-state index in [1.165, 1.54) is 35.1 Å². The van der Waals surface area contributed by atoms with Gasteiger partial charge in [-0.2, -0.15) is 0 Å². The molecule has 5 rings (SSSR count). The molecular weight excluding hydrogens is 336 g/mol. The first-order valence-electron chi connectivity index (χ1n) is 9.90. The highest BCUT2D eigenvalue weighted by atomic mass is 16.4. The number of aromatic carboxylic acids is 1. The SMILES string of the molecule is C[C@]12CC[C@@H]3c4ccc(C(=O)O)cc4CC[C@H]3[C@@H]1CC=C2c1cncnc1. The van der Waals surface area contributed by atoms with Crippen molar-refractivity contribution >= 4 is 11.5 Å². The third-order valence-electron chi connectivity index (χ3n) is 7.43. The van der Waals surface area contributed by atoms with E-state index in [1.54, 1.807) is 12.4 Å². The maximum absolute atomic E-state index is 11.3. The van der Waals surface area contributed by atoms with Crippen molar-refractivity contribution in [1.82, 2.24) is 9.97 Å². The summed E-state index contributed by atoms with van der Waals surface area (Å²) in [5.41, 5.74) is 5.87. The molecule has 1 heterocycles. The molecule has 0 spiro atoms. The summed E-state index contributed by atoms with van der Waals surface area (Å²) in [6.45, 7) is 2.43. The Morgan fingerprint density at radius 3 is 2.81 bits per heavy atom. The van der Waals surface area contributed by atoms with Crippen LogP contribution < -0.4 is 0 Å². The van der Waals surface area contributed by atoms with Crippen LogP contribution in [0.4, 0.5) is 0 Å². The molecule has 0 bridgehead atoms. The van der Waals surface area contributed by atoms with Crippen LogP contribution in [0.2, 0.25) is 0 Å². The molecule has 4 atom stereocenters. The smallest absolute Gasteiger partial charge is 0.335 e. The maximum atomic E-state index is 11.3. The third kappa shape index (κ3) is 2.46. The fourth-order valence-corrected chi connectivity index (χ4v) is 6.17. The Kier molecular flexibility index (Phi) is 3.71. The van der Waals surface area contributed by atoms with Gasteiger partial charge in [-0.3, -0.25) is 0 Å². The number of benzene rings is 1. The van der Waals surface area contributed by atoms with Crippen molar-refractivity contribution < 1.29 is 9.90 Å². The van der Waals surface area contributed by atoms with Crippen molar-refractivity contribution in [2.45, 2.75) is 44.9 Å². The molecule has 1 aromatic heterocycles. The minimum absolute atomic E-state index is 0.199. The number of aromatic nitrogens is 2. The molecular formula is C23H24N2O2. The first kappa shape index (κ1) is 16.7. The number of fused-ring (bicyclic) bond motifs is 5. The molecule has 0 aliphatic heterocycles. The quantitative estimate of drug-likeness (QED) is 0.841. The predicted molar refractivity (Wildman–Crippen MR) is 103 cm³/mol. The van der Waals surface area contributed by atoms with Crippen molar-refractivity contribution in [3.63, 3.8) is 0 Å². The van der Waals surface area contributed by atoms with Gasteiger partial charge < -0.3 is 5.11 Å². The van der Waals surface area contributed by atoms with E-state index in [9.17, 15) is 9.90 Å². The lowest BCUT2D eigenvalue weighted by Crippen LogP contribution is -2.41. The van der Waals surface area contributed by atoms with Gasteiger partial charge >= 0.3 is 5.97 Å². The lowest BCUT2D eigenvalue weighted by molar-refractivity contribution is 0.0696. The molecule has 27 heavy (non-hydrogen) atoms. The van der Waals surface area contributed by atoms with E-state index in [1.807, 2.05) is 18.5 Å². The summed E-state index contributed by atoms with van der Waals surface area (Å²) in [5, 5.41) is 9.30. The Labute approximate surface area is 159 Å². The predicted octanol–water partition coefficient (Wildman–Crippen LogP) is 4.72. The molecule has 1 fully saturated rings. The molecule has 3 aliphatic rings. The van der Waals surface area contributed by atoms with Gasteiger partial charge in [0.25, 0.3) is 0 Å². The molecule has 138 valence electrons. The van der Waals surface area contributed by atoms with Gasteiger partial charge in [-0.05, 0) is 84.1 Å². The monoisotopic (exact) mass is 360 g/mol. The van der Waals surface area contributed by atoms with Gasteiger partial charge in [0, 0.05) is 18.0 Å². The summed E-state index contributed by atoms with van der Waals surface area (Å²) in [6, 6.07) is 5.78. The number of hydrogen-bond acceptors (Lipinski definition) is 3. The zero-order valence-corrected chi connectivity index (χ0v) is 15.6. The summed E-state index contributed by atoms with van der Waals surface area (Å²) in [6.07, 6.45) is 13.5. The molecule has 2 aromatic rings. The van der Waals surface area contributed by atoms with E-state index in [4.69, 9.17) is 0 Å². The van der Waals surface area contributed by atoms with Crippen LogP contribution in [-0.2, 0) is 6.42 Å². The van der Waals surface area contributed by atoms with Crippen molar-refractivity contribution in [3.05, 3.63) is 65.2 Å². The highest BCUT2D eigenvalue weighted by Gasteiger charge is 2.51. The number of rotatable bonds is 2. The van der Waals surface area contributed by atoms with Crippen LogP contribution in [0.25, 0.3) is 5.57 Å². The second kappa shape index (κ2) is 6.01. The van der Waals surface area contributed by atoms with Gasteiger partial charge in [-0.25, -0.2) is 14.8 Å². The van der Waals surface area contributed by atoms with Crippen LogP contribution in [0.5, 0.6) is 0 Å². The highest BCUT2D eigenvalue weighted by Crippen LogP contribution is 2.62. The molecule has 1 aromatic carbocycles. The van der Waals surface area contributed by atoms with Gasteiger partial charge in [-0.1, -0.05) is 19.1 Å². The van der Waals surface area contributed by atoms with Gasteiger partial charge in [-0.15, -0.1) is 0 Å². The Morgan fingerprint density at radius 1 is 1.22 bits per heavy atom. The first-order chi connectivity index (χ1) is 13.1. The zero-order valence-electron chi connectivity index (χ0n) is 15.6. The Hall–Kier alpha value is -2.49. The molecule has 0 amide bonds. The molecule has 4 nitrogen and oxygen atoms in total. The summed E-state index contributed by atoms with van der Waals surface area (Å²) >= 11 is 0. The number of carboxylic acids is 1. The minimum Gasteiger partial charge on any atom is -0.478 e. The fourth-order valence-electron chi connectivity index (χ4n) is 6.17. The van der Waals surface area contributed by atoms with Crippen molar-refractivity contribution in [2.24, 2.45) is 17.3 Å². The molecule has 4 heteroatoms. The Bertz CT molecular complexity index is 937. The summed E-state index contributed by atoms with van der Waals surface area (Å²) in [4.78, 5) is 19.8. The standard InChI is InChI=1S/C23H24N2O2/c1-23-9-8-18-17-4-3-15(22(26)27)10-14(17)2-5-19(18)21(23)7-6-20(23)16-11-24-13-25-12-16/h3-4,6,10-13,18-19,21H,2,5,7-9H2,1H3,(H,26,27)/t18-,19-,21+,23-/m1/s1. The van der Waals surface area contributed by atoms with E-state index in [0.29, 0.717) is 23.3 Å². The summed E-state index contributed by atoms with van der Waals surface area (Å²) in [7, 11) is 0. The van der Waals surface area contributed by atoms with E-state index in [2.05, 4.69) is 29.0 Å². The van der Waals surface area contributed by atoms with Crippen LogP contribution in [0.15, 0.2) is 43.0 Å². The van der Waals surface area contributed by atoms with Crippen LogP contribution in [-0.4, -0.2) is 21.0 Å². The highest BCUT2D eigenvalue weighted by molar-refractivity contribution is 5.88. The van der Waals surface area contributed by atoms with Gasteiger partial charge in [0.1, 0.15) is 6.33 Å². The lowest BCUT2D eigenvalue weighted by Gasteiger charge is -2.50. The van der Waals surface area contributed by atoms with E-state index in [0.717, 1.165) is 19.3 Å². The zero-order chi connectivity index (χ0) is 18.6. The topological polar surface area (TPSA) is 63.1 Å². The van der Waals surface area contributed by atoms with Crippen LogP contribution in [0.3, 0.4) is 0 Å². The lowest BCUT2D eigenvalue weighted by atomic mass is 9.54. The summed E-state index contributed by atoms with van der Waals surface area (Å²) < 4.78 is 0. The number of carbonyl (C=O) groups is 1. The first-order valence-corrected chi connectivity index (χ1v) is 9.90. The van der Waals surface area contributed by atoms with E-state index in [-0.39, 0.29) is 5.41 Å². The van der Waals surface area contributed by atoms with E-state index < -0.39 is 5.97 Å². The van der Waals surface area contributed by atoms with Gasteiger partial charge in [0.2, 0.25) is 0 Å². The van der Waals surface area contributed by atoms with Gasteiger partial charge in [0.05, 0.1) is 5.56 Å². The number of aryl methyl sites for hydroxylation is 1. The third-order valence-corrected chi connectivity index (χ3v) is 7.43. The van der Waals surface area contributed by atoms with Gasteiger partial charge in [0.15, 0.2) is 0 Å². The Morgan fingerprint density at radius 2 is 2.04 bits per heavy atom. The second-order valence-corrected chi connectivity index (χ2v) is 8.57.